The zero-order valence-electron chi connectivity index (χ0n) is 14.5. The fourth-order valence-corrected chi connectivity index (χ4v) is 3.17. The van der Waals surface area contributed by atoms with E-state index in [0.29, 0.717) is 11.8 Å². The number of nitrogens with zero attached hydrogens (tertiary/aromatic N) is 1. The number of pyridine rings is 1. The summed E-state index contributed by atoms with van der Waals surface area (Å²) in [4.78, 5) is 4.97. The molecule has 0 aliphatic rings. The normalized spacial score (nSPS) is 11.5. The number of aromatic nitrogens is 1. The summed E-state index contributed by atoms with van der Waals surface area (Å²) in [5.41, 5.74) is 7.18. The van der Waals surface area contributed by atoms with Gasteiger partial charge in [-0.2, -0.15) is 0 Å². The largest absolute Gasteiger partial charge is 0.257 e. The molecule has 0 unspecified atom stereocenters. The van der Waals surface area contributed by atoms with Crippen LogP contribution in [0.3, 0.4) is 0 Å². The van der Waals surface area contributed by atoms with Crippen LogP contribution < -0.4 is 0 Å². The minimum Gasteiger partial charge on any atom is -0.257 e. The summed E-state index contributed by atoms with van der Waals surface area (Å²) in [7, 11) is 0. The molecule has 0 aliphatic heterocycles. The van der Waals surface area contributed by atoms with Gasteiger partial charge in [-0.25, -0.2) is 4.39 Å². The molecule has 0 aliphatic carbocycles. The molecule has 0 fully saturated rings. The van der Waals surface area contributed by atoms with E-state index in [1.165, 1.54) is 22.4 Å². The van der Waals surface area contributed by atoms with Gasteiger partial charge in [0.15, 0.2) is 0 Å². The molecule has 0 atom stereocenters. The number of benzene rings is 1. The zero-order chi connectivity index (χ0) is 16.4. The fourth-order valence-electron chi connectivity index (χ4n) is 3.17. The minimum atomic E-state index is -0.193. The third-order valence-corrected chi connectivity index (χ3v) is 4.19. The molecule has 2 heteroatoms. The minimum absolute atomic E-state index is 0.193. The molecule has 2 rings (SSSR count). The van der Waals surface area contributed by atoms with Gasteiger partial charge in [-0.15, -0.1) is 0 Å². The highest BCUT2D eigenvalue weighted by Crippen LogP contribution is 2.36. The summed E-state index contributed by atoms with van der Waals surface area (Å²) in [6, 6.07) is 6.84. The third-order valence-electron chi connectivity index (χ3n) is 4.19. The lowest BCUT2D eigenvalue weighted by atomic mass is 9.87. The van der Waals surface area contributed by atoms with Crippen LogP contribution in [0.15, 0.2) is 24.3 Å². The van der Waals surface area contributed by atoms with Crippen LogP contribution in [0.1, 0.15) is 69.0 Å². The summed E-state index contributed by atoms with van der Waals surface area (Å²) in [6.07, 6.45) is 0.937. The van der Waals surface area contributed by atoms with Crippen molar-refractivity contribution in [1.29, 1.82) is 0 Å². The highest BCUT2D eigenvalue weighted by Gasteiger charge is 2.20. The van der Waals surface area contributed by atoms with Crippen LogP contribution in [0.4, 0.5) is 4.39 Å². The summed E-state index contributed by atoms with van der Waals surface area (Å²) in [5.74, 6) is 0.566. The summed E-state index contributed by atoms with van der Waals surface area (Å²) >= 11 is 0. The molecule has 0 radical (unpaired) electrons. The van der Waals surface area contributed by atoms with Crippen LogP contribution in [-0.2, 0) is 6.42 Å². The second-order valence-electron chi connectivity index (χ2n) is 6.53. The van der Waals surface area contributed by atoms with Crippen molar-refractivity contribution in [2.24, 2.45) is 0 Å². The van der Waals surface area contributed by atoms with Crippen molar-refractivity contribution in [3.05, 3.63) is 52.6 Å². The average molecular weight is 299 g/mol. The summed E-state index contributed by atoms with van der Waals surface area (Å²) in [5, 5.41) is 0. The molecule has 22 heavy (non-hydrogen) atoms. The SMILES string of the molecule is CCc1c(C(C)C)nc(C(C)C)c(C)c1-c1ccc(F)cc1. The van der Waals surface area contributed by atoms with E-state index in [4.69, 9.17) is 4.98 Å². The predicted octanol–water partition coefficient (Wildman–Crippen LogP) is 6.01. The molecular formula is C20H26FN. The lowest BCUT2D eigenvalue weighted by Gasteiger charge is -2.22. The van der Waals surface area contributed by atoms with E-state index in [0.717, 1.165) is 17.7 Å². The Morgan fingerprint density at radius 3 is 1.95 bits per heavy atom. The zero-order valence-corrected chi connectivity index (χ0v) is 14.5. The molecule has 0 spiro atoms. The number of halogens is 1. The maximum absolute atomic E-state index is 13.3. The highest BCUT2D eigenvalue weighted by molar-refractivity contribution is 5.73. The number of hydrogen-bond acceptors (Lipinski definition) is 1. The summed E-state index contributed by atoms with van der Waals surface area (Å²) < 4.78 is 13.3. The standard InChI is InChI=1S/C20H26FN/c1-7-17-18(15-8-10-16(21)11-9-15)14(6)19(12(2)3)22-20(17)13(4)5/h8-13H,7H2,1-6H3. The molecule has 1 nitrogen and oxygen atoms in total. The molecule has 2 aromatic rings. The molecule has 1 heterocycles. The first-order chi connectivity index (χ1) is 10.4. The van der Waals surface area contributed by atoms with Crippen molar-refractivity contribution < 1.29 is 4.39 Å². The molecule has 0 saturated carbocycles. The van der Waals surface area contributed by atoms with Crippen molar-refractivity contribution in [3.8, 4) is 11.1 Å². The van der Waals surface area contributed by atoms with E-state index in [2.05, 4.69) is 41.5 Å². The highest BCUT2D eigenvalue weighted by atomic mass is 19.1. The van der Waals surface area contributed by atoms with Gasteiger partial charge in [0.1, 0.15) is 5.82 Å². The molecular weight excluding hydrogens is 273 g/mol. The summed E-state index contributed by atoms with van der Waals surface area (Å²) in [6.45, 7) is 13.1. The van der Waals surface area contributed by atoms with Gasteiger partial charge in [-0.1, -0.05) is 46.8 Å². The van der Waals surface area contributed by atoms with Crippen molar-refractivity contribution in [2.45, 2.75) is 59.8 Å². The van der Waals surface area contributed by atoms with Gasteiger partial charge in [-0.05, 0) is 59.6 Å². The van der Waals surface area contributed by atoms with E-state index in [1.807, 2.05) is 12.1 Å². The average Bonchev–Trinajstić information content (AvgIpc) is 2.47. The van der Waals surface area contributed by atoms with Crippen LogP contribution in [0.5, 0.6) is 0 Å². The van der Waals surface area contributed by atoms with Crippen LogP contribution >= 0.6 is 0 Å². The predicted molar refractivity (Wildman–Crippen MR) is 91.9 cm³/mol. The first kappa shape index (κ1) is 16.7. The van der Waals surface area contributed by atoms with E-state index in [-0.39, 0.29) is 5.82 Å². The Labute approximate surface area is 133 Å². The third kappa shape index (κ3) is 3.06. The Morgan fingerprint density at radius 2 is 1.50 bits per heavy atom. The van der Waals surface area contributed by atoms with Crippen LogP contribution in [0, 0.1) is 12.7 Å². The lowest BCUT2D eigenvalue weighted by molar-refractivity contribution is 0.628. The van der Waals surface area contributed by atoms with E-state index < -0.39 is 0 Å². The van der Waals surface area contributed by atoms with Gasteiger partial charge < -0.3 is 0 Å². The molecule has 118 valence electrons. The number of hydrogen-bond donors (Lipinski definition) is 0. The Bertz CT molecular complexity index is 654. The molecule has 0 bridgehead atoms. The van der Waals surface area contributed by atoms with Crippen LogP contribution in [-0.4, -0.2) is 4.98 Å². The molecule has 0 amide bonds. The van der Waals surface area contributed by atoms with Gasteiger partial charge in [0.2, 0.25) is 0 Å². The van der Waals surface area contributed by atoms with E-state index >= 15 is 0 Å². The van der Waals surface area contributed by atoms with Crippen LogP contribution in [0.25, 0.3) is 11.1 Å². The first-order valence-corrected chi connectivity index (χ1v) is 8.15. The van der Waals surface area contributed by atoms with Gasteiger partial charge in [0, 0.05) is 11.4 Å². The topological polar surface area (TPSA) is 12.9 Å². The smallest absolute Gasteiger partial charge is 0.123 e. The van der Waals surface area contributed by atoms with Crippen molar-refractivity contribution in [2.75, 3.05) is 0 Å². The number of rotatable bonds is 4. The molecule has 0 saturated heterocycles. The van der Waals surface area contributed by atoms with Gasteiger partial charge in [0.25, 0.3) is 0 Å². The monoisotopic (exact) mass is 299 g/mol. The maximum atomic E-state index is 13.3. The van der Waals surface area contributed by atoms with Gasteiger partial charge in [0.05, 0.1) is 0 Å². The Morgan fingerprint density at radius 1 is 0.955 bits per heavy atom. The first-order valence-electron chi connectivity index (χ1n) is 8.15. The Kier molecular flexibility index (Phi) is 5.00. The van der Waals surface area contributed by atoms with Crippen molar-refractivity contribution in [1.82, 2.24) is 4.98 Å². The van der Waals surface area contributed by atoms with Crippen molar-refractivity contribution in [3.63, 3.8) is 0 Å². The molecule has 0 N–H and O–H groups in total. The molecule has 1 aromatic carbocycles. The Hall–Kier alpha value is -1.70. The Balaban J connectivity index is 2.81. The van der Waals surface area contributed by atoms with E-state index in [9.17, 15) is 4.39 Å². The lowest BCUT2D eigenvalue weighted by Crippen LogP contribution is -2.09. The van der Waals surface area contributed by atoms with E-state index in [1.54, 1.807) is 12.1 Å². The second kappa shape index (κ2) is 6.60. The maximum Gasteiger partial charge on any atom is 0.123 e. The van der Waals surface area contributed by atoms with Crippen molar-refractivity contribution >= 4 is 0 Å². The van der Waals surface area contributed by atoms with Gasteiger partial charge in [-0.3, -0.25) is 4.98 Å². The fraction of sp³-hybridized carbons (Fsp3) is 0.450. The quantitative estimate of drug-likeness (QED) is 0.674. The molecule has 1 aromatic heterocycles. The van der Waals surface area contributed by atoms with Gasteiger partial charge >= 0.3 is 0 Å². The van der Waals surface area contributed by atoms with Crippen LogP contribution in [0.2, 0.25) is 0 Å². The second-order valence-corrected chi connectivity index (χ2v) is 6.53.